The minimum Gasteiger partial charge on any atom is -0.466 e. The zero-order chi connectivity index (χ0) is 35.4. The van der Waals surface area contributed by atoms with Crippen molar-refractivity contribution in [3.8, 4) is 0 Å². The van der Waals surface area contributed by atoms with Crippen molar-refractivity contribution in [1.82, 2.24) is 0 Å². The minimum atomic E-state index is -3.28. The normalized spacial score (nSPS) is 11.7. The second-order valence-electron chi connectivity index (χ2n) is 8.84. The number of carbonyl (C=O) groups excluding carboxylic acids is 3. The van der Waals surface area contributed by atoms with Gasteiger partial charge < -0.3 is 23.3 Å². The molecule has 0 aromatic heterocycles. The summed E-state index contributed by atoms with van der Waals surface area (Å²) in [5, 5.41) is 0. The second kappa shape index (κ2) is 30.1. The Labute approximate surface area is 318 Å². The van der Waals surface area contributed by atoms with Gasteiger partial charge in [0.1, 0.15) is 12.4 Å². The molecule has 2 aromatic carbocycles. The summed E-state index contributed by atoms with van der Waals surface area (Å²) < 4.78 is 43.3. The molecular formula is C32H46BBr2O9PU. The van der Waals surface area contributed by atoms with Crippen LogP contribution in [0.15, 0.2) is 51.4 Å². The van der Waals surface area contributed by atoms with E-state index in [1.807, 2.05) is 44.2 Å². The number of aldehydes is 1. The third-order valence-corrected chi connectivity index (χ3v) is 9.21. The fourth-order valence-corrected chi connectivity index (χ4v) is 5.52. The van der Waals surface area contributed by atoms with Gasteiger partial charge in [-0.2, -0.15) is 0 Å². The molecule has 0 bridgehead atoms. The van der Waals surface area contributed by atoms with Crippen molar-refractivity contribution in [2.75, 3.05) is 45.8 Å². The topological polar surface area (TPSA) is 114 Å². The van der Waals surface area contributed by atoms with Crippen molar-refractivity contribution >= 4 is 72.1 Å². The molecule has 1 fully saturated rings. The van der Waals surface area contributed by atoms with Crippen LogP contribution in [0.25, 0.3) is 6.08 Å². The maximum atomic E-state index is 11.8. The molecule has 254 valence electrons. The molecule has 0 aliphatic carbocycles. The molecule has 0 atom stereocenters. The van der Waals surface area contributed by atoms with Gasteiger partial charge in [0, 0.05) is 73.3 Å². The maximum absolute atomic E-state index is 11.8. The van der Waals surface area contributed by atoms with Crippen LogP contribution in [0.5, 0.6) is 0 Å². The van der Waals surface area contributed by atoms with Crippen molar-refractivity contribution in [3.05, 3.63) is 73.7 Å². The first-order chi connectivity index (χ1) is 22.0. The summed E-state index contributed by atoms with van der Waals surface area (Å²) in [6.07, 6.45) is 6.30. The van der Waals surface area contributed by atoms with Crippen LogP contribution in [0, 0.1) is 45.0 Å². The molecule has 46 heavy (non-hydrogen) atoms. The standard InChI is InChI=1S/C12H13BrO2.C8H7BrO.C8H17O5P.C4H8O.BH.U/c1-3-15-12(14)8-7-10-5-4-6-11(13)9(10)2;1-6-7(5-10)3-2-4-8(6)9;1-4-11-8(9)7-14(10,12-5-2)13-6-3;1-2-4-5-3-1;;/h4-8H,3H2,1-2H3;2-5H,1H3;4-7H2,1-3H3;1-4H2;1H;/i;;;;1D;. The molecule has 14 heteroatoms. The molecule has 9 nitrogen and oxygen atoms in total. The van der Waals surface area contributed by atoms with Gasteiger partial charge in [-0.1, -0.05) is 56.1 Å². The molecule has 2 aromatic rings. The van der Waals surface area contributed by atoms with E-state index in [2.05, 4.69) is 45.0 Å². The van der Waals surface area contributed by atoms with Crippen LogP contribution < -0.4 is 0 Å². The first-order valence-corrected chi connectivity index (χ1v) is 17.7. The number of carbonyl (C=O) groups is 3. The molecule has 1 aliphatic rings. The van der Waals surface area contributed by atoms with E-state index in [0.717, 1.165) is 50.7 Å². The first kappa shape index (κ1) is 47.1. The van der Waals surface area contributed by atoms with Crippen molar-refractivity contribution in [2.24, 2.45) is 0 Å². The summed E-state index contributed by atoms with van der Waals surface area (Å²) in [5.74, 6) is -0.866. The Kier molecular flexibility index (Phi) is 30.8. The molecular weight excluding hydrogens is 968 g/mol. The second-order valence-corrected chi connectivity index (χ2v) is 12.6. The van der Waals surface area contributed by atoms with Crippen molar-refractivity contribution in [2.45, 2.75) is 54.4 Å². The number of rotatable bonds is 11. The summed E-state index contributed by atoms with van der Waals surface area (Å²) in [5.41, 5.74) is 3.86. The first-order valence-electron chi connectivity index (χ1n) is 15.0. The zero-order valence-corrected chi connectivity index (χ0v) is 35.7. The van der Waals surface area contributed by atoms with Crippen molar-refractivity contribution in [3.63, 3.8) is 0 Å². The van der Waals surface area contributed by atoms with Gasteiger partial charge in [0.25, 0.3) is 0 Å². The van der Waals surface area contributed by atoms with E-state index in [0.29, 0.717) is 6.61 Å². The fraction of sp³-hybridized carbons (Fsp3) is 0.469. The van der Waals surface area contributed by atoms with Crippen LogP contribution >= 0.6 is 39.5 Å². The zero-order valence-electron chi connectivity index (χ0n) is 28.5. The van der Waals surface area contributed by atoms with Gasteiger partial charge in [-0.15, -0.1) is 0 Å². The van der Waals surface area contributed by atoms with Crippen LogP contribution in [0.2, 0.25) is 0 Å². The quantitative estimate of drug-likeness (QED) is 0.0730. The van der Waals surface area contributed by atoms with E-state index < -0.39 is 13.6 Å². The predicted octanol–water partition coefficient (Wildman–Crippen LogP) is 7.87. The Morgan fingerprint density at radius 1 is 0.870 bits per heavy atom. The molecule has 1 aliphatic heterocycles. The minimum absolute atomic E-state index is 0. The van der Waals surface area contributed by atoms with E-state index in [1.165, 1.54) is 18.9 Å². The van der Waals surface area contributed by atoms with Gasteiger partial charge in [-0.25, -0.2) is 4.79 Å². The Morgan fingerprint density at radius 3 is 1.74 bits per heavy atom. The molecule has 0 N–H and O–H groups in total. The summed E-state index contributed by atoms with van der Waals surface area (Å²) >= 11 is 6.76. The van der Waals surface area contributed by atoms with E-state index in [4.69, 9.17) is 19.9 Å². The summed E-state index contributed by atoms with van der Waals surface area (Å²) in [6, 6.07) is 11.4. The molecule has 2 radical (unpaired) electrons. The molecule has 0 spiro atoms. The Hall–Kier alpha value is -1.02. The Balaban J connectivity index is -0.000000561. The number of benzene rings is 2. The third-order valence-electron chi connectivity index (χ3n) is 5.54. The third kappa shape index (κ3) is 22.5. The van der Waals surface area contributed by atoms with Gasteiger partial charge in [-0.05, 0) is 90.6 Å². The number of esters is 2. The smallest absolute Gasteiger partial charge is 0.341 e. The molecule has 1 heterocycles. The van der Waals surface area contributed by atoms with E-state index in [1.54, 1.807) is 39.8 Å². The fourth-order valence-electron chi connectivity index (χ4n) is 3.30. The van der Waals surface area contributed by atoms with E-state index in [9.17, 15) is 18.9 Å². The monoisotopic (exact) mass is 1010 g/mol. The maximum Gasteiger partial charge on any atom is 0.341 e. The summed E-state index contributed by atoms with van der Waals surface area (Å²) in [4.78, 5) is 32.5. The van der Waals surface area contributed by atoms with Gasteiger partial charge in [0.15, 0.2) is 0 Å². The summed E-state index contributed by atoms with van der Waals surface area (Å²) in [7, 11) is 0.470. The number of hydrogen-bond donors (Lipinski definition) is 0. The van der Waals surface area contributed by atoms with Crippen LogP contribution in [0.3, 0.4) is 0 Å². The number of hydrogen-bond acceptors (Lipinski definition) is 9. The average molecular weight is 1020 g/mol. The molecule has 0 amide bonds. The molecule has 0 unspecified atom stereocenters. The van der Waals surface area contributed by atoms with E-state index >= 15 is 0 Å². The SMILES string of the molecule is C1CCOC1.CCOC(=O)C=Cc1cccc(Br)c1C.CCOC(=O)CP(=O)(OCC)OCC.Cc1c(Br)cccc1C=O.[2H][B].[U]. The number of ether oxygens (including phenoxy) is 3. The van der Waals surface area contributed by atoms with Crippen LogP contribution in [0.4, 0.5) is 0 Å². The number of halogens is 2. The van der Waals surface area contributed by atoms with Gasteiger partial charge in [0.05, 0.1) is 26.4 Å². The van der Waals surface area contributed by atoms with Gasteiger partial charge >= 0.3 is 19.5 Å². The van der Waals surface area contributed by atoms with Gasteiger partial charge in [-0.3, -0.25) is 14.2 Å². The summed E-state index contributed by atoms with van der Waals surface area (Å²) in [6.45, 7) is 13.9. The van der Waals surface area contributed by atoms with E-state index in [-0.39, 0.29) is 63.1 Å². The van der Waals surface area contributed by atoms with Crippen LogP contribution in [-0.4, -0.2) is 73.7 Å². The molecule has 3 rings (SSSR count). The molecule has 0 saturated carbocycles. The van der Waals surface area contributed by atoms with Crippen LogP contribution in [0.1, 0.15) is 67.6 Å². The van der Waals surface area contributed by atoms with Gasteiger partial charge in [0.2, 0.25) is 0 Å². The average Bonchev–Trinajstić information content (AvgIpc) is 3.62. The van der Waals surface area contributed by atoms with Crippen molar-refractivity contribution < 1.29 is 73.3 Å². The van der Waals surface area contributed by atoms with Crippen molar-refractivity contribution in [1.29, 1.82) is 1.34 Å². The predicted molar refractivity (Wildman–Crippen MR) is 188 cm³/mol. The molecule has 1 saturated heterocycles. The largest absolute Gasteiger partial charge is 0.466 e. The van der Waals surface area contributed by atoms with Crippen LogP contribution in [-0.2, 0) is 37.4 Å². The Morgan fingerprint density at radius 2 is 1.35 bits per heavy atom. The Bertz CT molecular complexity index is 1220.